The topological polar surface area (TPSA) is 38.9 Å². The molecular weight excluding hydrogens is 136 g/mol. The molecule has 0 fully saturated rings. The molecule has 2 rings (SSSR count). The summed E-state index contributed by atoms with van der Waals surface area (Å²) in [5.41, 5.74) is 9.03. The largest absolute Gasteiger partial charge is 0.397 e. The number of hydrogen-bond acceptors (Lipinski definition) is 2. The molecule has 0 unspecified atom stereocenters. The van der Waals surface area contributed by atoms with Crippen molar-refractivity contribution in [2.45, 2.75) is 25.7 Å². The fourth-order valence-electron chi connectivity index (χ4n) is 1.61. The van der Waals surface area contributed by atoms with Gasteiger partial charge in [-0.05, 0) is 37.3 Å². The fourth-order valence-corrected chi connectivity index (χ4v) is 1.61. The van der Waals surface area contributed by atoms with Gasteiger partial charge in [0, 0.05) is 5.69 Å². The lowest BCUT2D eigenvalue weighted by molar-refractivity contribution is 0.668. The standard InChI is InChI=1S/C9H12N2/c10-8-5-7-3-1-2-4-9(7)11-6-8/h5-6H,1-4,10H2. The summed E-state index contributed by atoms with van der Waals surface area (Å²) in [4.78, 5) is 4.29. The molecule has 0 radical (unpaired) electrons. The zero-order valence-corrected chi connectivity index (χ0v) is 6.51. The maximum Gasteiger partial charge on any atom is 0.0503 e. The first-order valence-corrected chi connectivity index (χ1v) is 4.09. The molecule has 2 N–H and O–H groups in total. The monoisotopic (exact) mass is 148 g/mol. The highest BCUT2D eigenvalue weighted by Crippen LogP contribution is 2.20. The molecule has 0 bridgehead atoms. The molecule has 1 aromatic rings. The van der Waals surface area contributed by atoms with Crippen molar-refractivity contribution in [3.8, 4) is 0 Å². The van der Waals surface area contributed by atoms with Crippen molar-refractivity contribution < 1.29 is 0 Å². The van der Waals surface area contributed by atoms with Crippen molar-refractivity contribution in [2.24, 2.45) is 0 Å². The Labute approximate surface area is 66.4 Å². The summed E-state index contributed by atoms with van der Waals surface area (Å²) in [6, 6.07) is 2.06. The first-order valence-electron chi connectivity index (χ1n) is 4.09. The van der Waals surface area contributed by atoms with Gasteiger partial charge in [-0.3, -0.25) is 4.98 Å². The summed E-state index contributed by atoms with van der Waals surface area (Å²) >= 11 is 0. The molecule has 0 spiro atoms. The smallest absolute Gasteiger partial charge is 0.0503 e. The van der Waals surface area contributed by atoms with Crippen molar-refractivity contribution in [1.29, 1.82) is 0 Å². The Morgan fingerprint density at radius 2 is 2.09 bits per heavy atom. The second kappa shape index (κ2) is 2.53. The number of nitrogens with zero attached hydrogens (tertiary/aromatic N) is 1. The van der Waals surface area contributed by atoms with Crippen LogP contribution < -0.4 is 5.73 Å². The lowest BCUT2D eigenvalue weighted by Gasteiger charge is -2.13. The molecule has 1 aliphatic rings. The van der Waals surface area contributed by atoms with Crippen molar-refractivity contribution >= 4 is 5.69 Å². The zero-order chi connectivity index (χ0) is 7.68. The Bertz CT molecular complexity index is 268. The first kappa shape index (κ1) is 6.65. The summed E-state index contributed by atoms with van der Waals surface area (Å²) in [6.07, 6.45) is 6.62. The third kappa shape index (κ3) is 1.20. The summed E-state index contributed by atoms with van der Waals surface area (Å²) < 4.78 is 0. The Balaban J connectivity index is 2.43. The lowest BCUT2D eigenvalue weighted by Crippen LogP contribution is -2.05. The van der Waals surface area contributed by atoms with Crippen molar-refractivity contribution in [3.63, 3.8) is 0 Å². The zero-order valence-electron chi connectivity index (χ0n) is 6.51. The second-order valence-electron chi connectivity index (χ2n) is 3.08. The summed E-state index contributed by atoms with van der Waals surface area (Å²) in [5.74, 6) is 0. The number of nitrogens with two attached hydrogens (primary N) is 1. The highest BCUT2D eigenvalue weighted by atomic mass is 14.7. The van der Waals surface area contributed by atoms with E-state index in [9.17, 15) is 0 Å². The minimum Gasteiger partial charge on any atom is -0.397 e. The van der Waals surface area contributed by atoms with Crippen LogP contribution in [0.15, 0.2) is 12.3 Å². The van der Waals surface area contributed by atoms with E-state index in [-0.39, 0.29) is 0 Å². The highest BCUT2D eigenvalue weighted by molar-refractivity contribution is 5.40. The van der Waals surface area contributed by atoms with Gasteiger partial charge in [-0.1, -0.05) is 0 Å². The Morgan fingerprint density at radius 1 is 1.27 bits per heavy atom. The van der Waals surface area contributed by atoms with Crippen LogP contribution in [-0.4, -0.2) is 4.98 Å². The van der Waals surface area contributed by atoms with E-state index in [0.717, 1.165) is 18.5 Å². The van der Waals surface area contributed by atoms with E-state index in [4.69, 9.17) is 5.73 Å². The molecule has 0 amide bonds. The third-order valence-electron chi connectivity index (χ3n) is 2.19. The highest BCUT2D eigenvalue weighted by Gasteiger charge is 2.09. The molecule has 1 aliphatic carbocycles. The van der Waals surface area contributed by atoms with Gasteiger partial charge in [-0.25, -0.2) is 0 Å². The Morgan fingerprint density at radius 3 is 3.00 bits per heavy atom. The minimum absolute atomic E-state index is 0.797. The average molecular weight is 148 g/mol. The second-order valence-corrected chi connectivity index (χ2v) is 3.08. The molecule has 11 heavy (non-hydrogen) atoms. The molecule has 2 heteroatoms. The molecule has 2 nitrogen and oxygen atoms in total. The Hall–Kier alpha value is -1.05. The number of aromatic nitrogens is 1. The van der Waals surface area contributed by atoms with Crippen LogP contribution in [0.3, 0.4) is 0 Å². The van der Waals surface area contributed by atoms with E-state index >= 15 is 0 Å². The van der Waals surface area contributed by atoms with Crippen LogP contribution in [0, 0.1) is 0 Å². The van der Waals surface area contributed by atoms with E-state index in [0.29, 0.717) is 0 Å². The van der Waals surface area contributed by atoms with Crippen LogP contribution in [0.5, 0.6) is 0 Å². The summed E-state index contributed by atoms with van der Waals surface area (Å²) in [7, 11) is 0. The van der Waals surface area contributed by atoms with Gasteiger partial charge in [0.15, 0.2) is 0 Å². The summed E-state index contributed by atoms with van der Waals surface area (Å²) in [6.45, 7) is 0. The van der Waals surface area contributed by atoms with Gasteiger partial charge < -0.3 is 5.73 Å². The molecule has 1 aromatic heterocycles. The fraction of sp³-hybridized carbons (Fsp3) is 0.444. The molecule has 0 aromatic carbocycles. The number of anilines is 1. The van der Waals surface area contributed by atoms with Gasteiger partial charge in [-0.2, -0.15) is 0 Å². The number of rotatable bonds is 0. The van der Waals surface area contributed by atoms with Gasteiger partial charge in [0.25, 0.3) is 0 Å². The quantitative estimate of drug-likeness (QED) is 0.606. The summed E-state index contributed by atoms with van der Waals surface area (Å²) in [5, 5.41) is 0. The lowest BCUT2D eigenvalue weighted by atomic mass is 9.96. The van der Waals surface area contributed by atoms with Crippen LogP contribution in [-0.2, 0) is 12.8 Å². The minimum atomic E-state index is 0.797. The predicted octanol–water partition coefficient (Wildman–Crippen LogP) is 1.54. The predicted molar refractivity (Wildman–Crippen MR) is 45.3 cm³/mol. The third-order valence-corrected chi connectivity index (χ3v) is 2.19. The first-order chi connectivity index (χ1) is 5.36. The van der Waals surface area contributed by atoms with Gasteiger partial charge >= 0.3 is 0 Å². The van der Waals surface area contributed by atoms with Crippen LogP contribution in [0.25, 0.3) is 0 Å². The van der Waals surface area contributed by atoms with Crippen LogP contribution >= 0.6 is 0 Å². The molecule has 58 valence electrons. The Kier molecular flexibility index (Phi) is 1.53. The normalized spacial score (nSPS) is 16.0. The van der Waals surface area contributed by atoms with Gasteiger partial charge in [-0.15, -0.1) is 0 Å². The molecule has 0 saturated heterocycles. The maximum absolute atomic E-state index is 5.62. The molecule has 0 aliphatic heterocycles. The molecule has 0 atom stereocenters. The van der Waals surface area contributed by atoms with E-state index in [1.165, 1.54) is 24.1 Å². The van der Waals surface area contributed by atoms with Crippen LogP contribution in [0.4, 0.5) is 5.69 Å². The molecule has 0 saturated carbocycles. The SMILES string of the molecule is Nc1cnc2c(c1)CCCC2. The number of aryl methyl sites for hydroxylation is 2. The van der Waals surface area contributed by atoms with Gasteiger partial charge in [0.1, 0.15) is 0 Å². The average Bonchev–Trinajstić information content (AvgIpc) is 2.04. The van der Waals surface area contributed by atoms with E-state index in [1.807, 2.05) is 0 Å². The van der Waals surface area contributed by atoms with Gasteiger partial charge in [0.05, 0.1) is 11.9 Å². The van der Waals surface area contributed by atoms with Crippen molar-refractivity contribution in [1.82, 2.24) is 4.98 Å². The van der Waals surface area contributed by atoms with Crippen LogP contribution in [0.2, 0.25) is 0 Å². The number of hydrogen-bond donors (Lipinski definition) is 1. The molecule has 1 heterocycles. The number of nitrogen functional groups attached to an aromatic ring is 1. The maximum atomic E-state index is 5.62. The van der Waals surface area contributed by atoms with E-state index in [2.05, 4.69) is 11.1 Å². The number of pyridine rings is 1. The van der Waals surface area contributed by atoms with Crippen molar-refractivity contribution in [3.05, 3.63) is 23.5 Å². The van der Waals surface area contributed by atoms with Crippen LogP contribution in [0.1, 0.15) is 24.1 Å². The number of fused-ring (bicyclic) bond motifs is 1. The van der Waals surface area contributed by atoms with E-state index in [1.54, 1.807) is 6.20 Å². The van der Waals surface area contributed by atoms with Crippen molar-refractivity contribution in [2.75, 3.05) is 5.73 Å². The molecular formula is C9H12N2. The van der Waals surface area contributed by atoms with E-state index < -0.39 is 0 Å². The van der Waals surface area contributed by atoms with Gasteiger partial charge in [0.2, 0.25) is 0 Å².